The van der Waals surface area contributed by atoms with Gasteiger partial charge in [-0.2, -0.15) is 0 Å². The van der Waals surface area contributed by atoms with Crippen molar-refractivity contribution in [2.75, 3.05) is 0 Å². The van der Waals surface area contributed by atoms with Crippen molar-refractivity contribution in [3.8, 4) is 5.75 Å². The number of hydrogen-bond donors (Lipinski definition) is 2. The second-order valence-electron chi connectivity index (χ2n) is 4.41. The fourth-order valence-electron chi connectivity index (χ4n) is 1.94. The lowest BCUT2D eigenvalue weighted by atomic mass is 9.82. The number of phenolic OH excluding ortho intramolecular Hbond substituents is 1. The monoisotopic (exact) mass is 331 g/mol. The van der Waals surface area contributed by atoms with Crippen molar-refractivity contribution in [2.45, 2.75) is 25.8 Å². The third-order valence-corrected chi connectivity index (χ3v) is 3.83. The molecule has 3 nitrogen and oxygen atoms in total. The first-order valence-corrected chi connectivity index (χ1v) is 6.43. The lowest BCUT2D eigenvalue weighted by Gasteiger charge is -2.33. The number of rotatable bonds is 2. The molecule has 0 radical (unpaired) electrons. The molecule has 4 heteroatoms. The van der Waals surface area contributed by atoms with E-state index >= 15 is 0 Å². The van der Waals surface area contributed by atoms with Gasteiger partial charge in [0.25, 0.3) is 5.91 Å². The van der Waals surface area contributed by atoms with Crippen molar-refractivity contribution in [1.82, 2.24) is 5.32 Å². The normalized spacial score (nSPS) is 23.6. The molecule has 1 aromatic carbocycles. The van der Waals surface area contributed by atoms with Gasteiger partial charge in [0.05, 0.1) is 3.57 Å². The Balaban J connectivity index is 2.01. The third-order valence-electron chi connectivity index (χ3n) is 2.92. The van der Waals surface area contributed by atoms with E-state index in [0.29, 0.717) is 11.6 Å². The molecule has 86 valence electrons. The zero-order valence-corrected chi connectivity index (χ0v) is 11.2. The van der Waals surface area contributed by atoms with Gasteiger partial charge in [-0.15, -0.1) is 0 Å². The summed E-state index contributed by atoms with van der Waals surface area (Å²) in [5.74, 6) is 0.786. The van der Waals surface area contributed by atoms with Crippen molar-refractivity contribution in [3.63, 3.8) is 0 Å². The Kier molecular flexibility index (Phi) is 3.37. The molecule has 1 amide bonds. The molecule has 1 aliphatic carbocycles. The second kappa shape index (κ2) is 4.61. The van der Waals surface area contributed by atoms with Crippen LogP contribution in [0.2, 0.25) is 0 Å². The maximum atomic E-state index is 11.8. The summed E-state index contributed by atoms with van der Waals surface area (Å²) in [6.07, 6.45) is 2.12. The van der Waals surface area contributed by atoms with Gasteiger partial charge >= 0.3 is 0 Å². The topological polar surface area (TPSA) is 49.3 Å². The maximum absolute atomic E-state index is 11.8. The molecule has 0 spiro atoms. The van der Waals surface area contributed by atoms with Gasteiger partial charge in [0.2, 0.25) is 0 Å². The third kappa shape index (κ3) is 2.48. The summed E-state index contributed by atoms with van der Waals surface area (Å²) < 4.78 is 0.756. The molecule has 1 aromatic rings. The first kappa shape index (κ1) is 11.7. The molecule has 2 N–H and O–H groups in total. The van der Waals surface area contributed by atoms with Crippen LogP contribution >= 0.6 is 22.6 Å². The van der Waals surface area contributed by atoms with Crippen LogP contribution in [0.4, 0.5) is 0 Å². The van der Waals surface area contributed by atoms with Crippen molar-refractivity contribution in [2.24, 2.45) is 5.92 Å². The first-order valence-electron chi connectivity index (χ1n) is 5.35. The first-order chi connectivity index (χ1) is 7.56. The van der Waals surface area contributed by atoms with Crippen molar-refractivity contribution >= 4 is 28.5 Å². The summed E-state index contributed by atoms with van der Waals surface area (Å²) in [5.41, 5.74) is 0.525. The Labute approximate surface area is 108 Å². The predicted molar refractivity (Wildman–Crippen MR) is 70.5 cm³/mol. The molecule has 2 rings (SSSR count). The molecule has 16 heavy (non-hydrogen) atoms. The Morgan fingerprint density at radius 2 is 2.19 bits per heavy atom. The predicted octanol–water partition coefficient (Wildman–Crippen LogP) is 2.53. The largest absolute Gasteiger partial charge is 0.507 e. The minimum Gasteiger partial charge on any atom is -0.507 e. The van der Waals surface area contributed by atoms with Gasteiger partial charge in [-0.3, -0.25) is 4.79 Å². The SMILES string of the molecule is CC1CC(NC(=O)c2ccc(I)c(O)c2)C1. The molecule has 0 atom stereocenters. The molecule has 1 fully saturated rings. The van der Waals surface area contributed by atoms with E-state index in [0.717, 1.165) is 22.3 Å². The Morgan fingerprint density at radius 3 is 2.75 bits per heavy atom. The zero-order valence-electron chi connectivity index (χ0n) is 9.03. The molecule has 0 unspecified atom stereocenters. The number of halogens is 1. The number of phenols is 1. The maximum Gasteiger partial charge on any atom is 0.251 e. The van der Waals surface area contributed by atoms with Gasteiger partial charge in [-0.25, -0.2) is 0 Å². The minimum absolute atomic E-state index is 0.0939. The van der Waals surface area contributed by atoms with Crippen molar-refractivity contribution in [1.29, 1.82) is 0 Å². The molecular weight excluding hydrogens is 317 g/mol. The highest BCUT2D eigenvalue weighted by atomic mass is 127. The molecule has 0 heterocycles. The number of carbonyl (C=O) groups excluding carboxylic acids is 1. The van der Waals surface area contributed by atoms with Crippen LogP contribution in [-0.2, 0) is 0 Å². The van der Waals surface area contributed by atoms with Gasteiger partial charge in [0, 0.05) is 11.6 Å². The summed E-state index contributed by atoms with van der Waals surface area (Å²) in [6.45, 7) is 2.18. The van der Waals surface area contributed by atoms with E-state index in [4.69, 9.17) is 0 Å². The highest BCUT2D eigenvalue weighted by Crippen LogP contribution is 2.27. The van der Waals surface area contributed by atoms with Crippen LogP contribution in [0.15, 0.2) is 18.2 Å². The standard InChI is InChI=1S/C12H14INO2/c1-7-4-9(5-7)14-12(16)8-2-3-10(13)11(15)6-8/h2-3,6-7,9,15H,4-5H2,1H3,(H,14,16). The fraction of sp³-hybridized carbons (Fsp3) is 0.417. The van der Waals surface area contributed by atoms with E-state index in [1.54, 1.807) is 12.1 Å². The highest BCUT2D eigenvalue weighted by Gasteiger charge is 2.26. The summed E-state index contributed by atoms with van der Waals surface area (Å²) in [6, 6.07) is 5.30. The number of amides is 1. The average molecular weight is 331 g/mol. The summed E-state index contributed by atoms with van der Waals surface area (Å²) in [7, 11) is 0. The lowest BCUT2D eigenvalue weighted by Crippen LogP contribution is -2.43. The molecule has 0 saturated heterocycles. The van der Waals surface area contributed by atoms with E-state index < -0.39 is 0 Å². The number of nitrogens with one attached hydrogen (secondary N) is 1. The van der Waals surface area contributed by atoms with E-state index in [1.165, 1.54) is 6.07 Å². The van der Waals surface area contributed by atoms with Crippen LogP contribution in [0, 0.1) is 9.49 Å². The van der Waals surface area contributed by atoms with Gasteiger partial charge < -0.3 is 10.4 Å². The number of carbonyl (C=O) groups is 1. The lowest BCUT2D eigenvalue weighted by molar-refractivity contribution is 0.0895. The quantitative estimate of drug-likeness (QED) is 0.818. The fourth-order valence-corrected chi connectivity index (χ4v) is 2.28. The van der Waals surface area contributed by atoms with E-state index in [1.807, 2.05) is 22.6 Å². The van der Waals surface area contributed by atoms with E-state index in [9.17, 15) is 9.90 Å². The van der Waals surface area contributed by atoms with Crippen LogP contribution in [0.1, 0.15) is 30.1 Å². The van der Waals surface area contributed by atoms with Gasteiger partial charge in [-0.05, 0) is 59.5 Å². The van der Waals surface area contributed by atoms with Crippen molar-refractivity contribution in [3.05, 3.63) is 27.3 Å². The molecular formula is C12H14INO2. The van der Waals surface area contributed by atoms with Crippen LogP contribution in [-0.4, -0.2) is 17.1 Å². The number of aromatic hydroxyl groups is 1. The van der Waals surface area contributed by atoms with Crippen LogP contribution < -0.4 is 5.32 Å². The Hall–Kier alpha value is -0.780. The molecule has 0 aliphatic heterocycles. The Bertz CT molecular complexity index is 413. The summed E-state index contributed by atoms with van der Waals surface area (Å²) >= 11 is 2.03. The summed E-state index contributed by atoms with van der Waals surface area (Å²) in [5, 5.41) is 12.5. The van der Waals surface area contributed by atoms with E-state index in [-0.39, 0.29) is 11.7 Å². The molecule has 0 aromatic heterocycles. The molecule has 1 aliphatic rings. The van der Waals surface area contributed by atoms with Gasteiger partial charge in [0.15, 0.2) is 0 Å². The second-order valence-corrected chi connectivity index (χ2v) is 5.58. The van der Waals surface area contributed by atoms with Crippen LogP contribution in [0.5, 0.6) is 5.75 Å². The highest BCUT2D eigenvalue weighted by molar-refractivity contribution is 14.1. The van der Waals surface area contributed by atoms with E-state index in [2.05, 4.69) is 12.2 Å². The Morgan fingerprint density at radius 1 is 1.50 bits per heavy atom. The van der Waals surface area contributed by atoms with Crippen LogP contribution in [0.25, 0.3) is 0 Å². The number of benzene rings is 1. The zero-order chi connectivity index (χ0) is 11.7. The van der Waals surface area contributed by atoms with Crippen molar-refractivity contribution < 1.29 is 9.90 Å². The minimum atomic E-state index is -0.0939. The molecule has 1 saturated carbocycles. The number of hydrogen-bond acceptors (Lipinski definition) is 2. The summed E-state index contributed by atoms with van der Waals surface area (Å²) in [4.78, 5) is 11.8. The van der Waals surface area contributed by atoms with Crippen LogP contribution in [0.3, 0.4) is 0 Å². The molecule has 0 bridgehead atoms. The van der Waals surface area contributed by atoms with Gasteiger partial charge in [0.1, 0.15) is 5.75 Å². The smallest absolute Gasteiger partial charge is 0.251 e. The van der Waals surface area contributed by atoms with Gasteiger partial charge in [-0.1, -0.05) is 6.92 Å². The average Bonchev–Trinajstić information content (AvgIpc) is 2.19.